The summed E-state index contributed by atoms with van der Waals surface area (Å²) in [7, 11) is 4.25. The molecule has 5 aliphatic carbocycles. The van der Waals surface area contributed by atoms with Crippen LogP contribution in [0.2, 0.25) is 0 Å². The van der Waals surface area contributed by atoms with E-state index in [2.05, 4.69) is 72.8 Å². The lowest BCUT2D eigenvalue weighted by Crippen LogP contribution is -2.60. The number of aliphatic hydroxyl groups excluding tert-OH is 1. The molecule has 0 bridgehead atoms. The molecule has 0 aromatic carbocycles. The SMILES string of the molecule is CC(C)C1=NC(C)[C@H](C2CC[C@]34C[C@]35C(=O)C[C@]3(C)[C@@H]([C@H](C)N(C)C)[C@H](O)C[C@@]3(C)[C@@H]5CC[C@H]4[C@H]2C)CN1. The van der Waals surface area contributed by atoms with Crippen LogP contribution in [0.15, 0.2) is 4.99 Å². The van der Waals surface area contributed by atoms with Crippen LogP contribution < -0.4 is 5.32 Å². The Morgan fingerprint density at radius 1 is 1.05 bits per heavy atom. The first-order chi connectivity index (χ1) is 17.7. The summed E-state index contributed by atoms with van der Waals surface area (Å²) in [4.78, 5) is 21.9. The summed E-state index contributed by atoms with van der Waals surface area (Å²) >= 11 is 0. The van der Waals surface area contributed by atoms with Gasteiger partial charge in [-0.05, 0) is 106 Å². The molecule has 0 aromatic rings. The topological polar surface area (TPSA) is 64.9 Å². The van der Waals surface area contributed by atoms with Gasteiger partial charge in [-0.3, -0.25) is 9.79 Å². The Hall–Kier alpha value is -0.940. The molecule has 214 valence electrons. The van der Waals surface area contributed by atoms with Crippen molar-refractivity contribution in [3.05, 3.63) is 0 Å². The number of Topliss-reactive ketones (excluding diaryl/α,β-unsaturated/α-hetero) is 1. The van der Waals surface area contributed by atoms with Crippen molar-refractivity contribution in [3.63, 3.8) is 0 Å². The van der Waals surface area contributed by atoms with E-state index in [4.69, 9.17) is 4.99 Å². The molecule has 5 saturated carbocycles. The number of carbonyl (C=O) groups excluding carboxylic acids is 1. The molecule has 2 N–H and O–H groups in total. The quantitative estimate of drug-likeness (QED) is 0.515. The van der Waals surface area contributed by atoms with Gasteiger partial charge in [0.1, 0.15) is 5.78 Å². The molecule has 2 unspecified atom stereocenters. The first-order valence-electron chi connectivity index (χ1n) is 15.9. The second-order valence-corrected chi connectivity index (χ2v) is 16.0. The average molecular weight is 526 g/mol. The van der Waals surface area contributed by atoms with Crippen LogP contribution in [0.5, 0.6) is 0 Å². The summed E-state index contributed by atoms with van der Waals surface area (Å²) in [6.07, 6.45) is 7.27. The lowest BCUT2D eigenvalue weighted by molar-refractivity contribution is -0.167. The number of ketones is 1. The van der Waals surface area contributed by atoms with Crippen molar-refractivity contribution in [2.75, 3.05) is 20.6 Å². The smallest absolute Gasteiger partial charge is 0.140 e. The van der Waals surface area contributed by atoms with Gasteiger partial charge in [0, 0.05) is 42.2 Å². The Kier molecular flexibility index (Phi) is 6.12. The Bertz CT molecular complexity index is 1020. The standard InChI is InChI=1S/C33H55N3O2/c1-18(2)29-34-16-23(20(4)35-29)22-12-13-32-17-33(32)26(11-10-24(32)19(22)3)30(6)14-25(37)28(21(5)36(8)9)31(30,7)15-27(33)38/h18-26,28,37H,10-17H2,1-9H3,(H,34,35)/t19-,20?,21-,22?,23+,24-,25+,26-,28-,30-,31+,32+,33-/m0/s1. The van der Waals surface area contributed by atoms with Crippen LogP contribution >= 0.6 is 0 Å². The second kappa shape index (κ2) is 8.54. The third kappa shape index (κ3) is 3.18. The number of aliphatic imine (C=N–C) groups is 1. The van der Waals surface area contributed by atoms with Crippen LogP contribution in [0.4, 0.5) is 0 Å². The zero-order chi connectivity index (χ0) is 27.6. The van der Waals surface area contributed by atoms with Gasteiger partial charge in [-0.25, -0.2) is 0 Å². The van der Waals surface area contributed by atoms with Crippen LogP contribution in [-0.4, -0.2) is 60.5 Å². The van der Waals surface area contributed by atoms with E-state index >= 15 is 0 Å². The monoisotopic (exact) mass is 525 g/mol. The van der Waals surface area contributed by atoms with Crippen molar-refractivity contribution in [1.29, 1.82) is 0 Å². The van der Waals surface area contributed by atoms with Crippen LogP contribution in [0, 0.1) is 63.1 Å². The van der Waals surface area contributed by atoms with Crippen molar-refractivity contribution in [3.8, 4) is 0 Å². The highest BCUT2D eigenvalue weighted by molar-refractivity contribution is 5.92. The van der Waals surface area contributed by atoms with E-state index in [1.807, 2.05) is 0 Å². The van der Waals surface area contributed by atoms with Gasteiger partial charge < -0.3 is 15.3 Å². The van der Waals surface area contributed by atoms with Crippen LogP contribution in [0.1, 0.15) is 93.4 Å². The molecular formula is C33H55N3O2. The van der Waals surface area contributed by atoms with E-state index in [1.165, 1.54) is 31.5 Å². The summed E-state index contributed by atoms with van der Waals surface area (Å²) in [6.45, 7) is 17.5. The van der Waals surface area contributed by atoms with Crippen LogP contribution in [0.25, 0.3) is 0 Å². The van der Waals surface area contributed by atoms with E-state index in [9.17, 15) is 9.90 Å². The number of nitrogens with zero attached hydrogens (tertiary/aromatic N) is 2. The number of carbonyl (C=O) groups is 1. The Morgan fingerprint density at radius 3 is 2.39 bits per heavy atom. The number of fused-ring (bicyclic) bond motifs is 2. The molecule has 5 nitrogen and oxygen atoms in total. The van der Waals surface area contributed by atoms with Crippen molar-refractivity contribution in [1.82, 2.24) is 10.2 Å². The first-order valence-corrected chi connectivity index (χ1v) is 15.9. The molecule has 13 atom stereocenters. The van der Waals surface area contributed by atoms with Crippen LogP contribution in [-0.2, 0) is 4.79 Å². The second-order valence-electron chi connectivity index (χ2n) is 16.0. The fourth-order valence-electron chi connectivity index (χ4n) is 12.3. The zero-order valence-corrected chi connectivity index (χ0v) is 25.7. The molecule has 2 spiro atoms. The predicted octanol–water partition coefficient (Wildman–Crippen LogP) is 5.41. The molecule has 1 aliphatic heterocycles. The molecule has 0 radical (unpaired) electrons. The fraction of sp³-hybridized carbons (Fsp3) is 0.939. The molecule has 38 heavy (non-hydrogen) atoms. The first kappa shape index (κ1) is 27.2. The van der Waals surface area contributed by atoms with Gasteiger partial charge in [-0.15, -0.1) is 0 Å². The average Bonchev–Trinajstić information content (AvgIpc) is 3.47. The number of amidine groups is 1. The normalized spacial score (nSPS) is 54.4. The Morgan fingerprint density at radius 2 is 1.76 bits per heavy atom. The summed E-state index contributed by atoms with van der Waals surface area (Å²) < 4.78 is 0. The third-order valence-corrected chi connectivity index (χ3v) is 14.5. The Balaban J connectivity index is 1.29. The van der Waals surface area contributed by atoms with Gasteiger partial charge in [0.25, 0.3) is 0 Å². The van der Waals surface area contributed by atoms with Crippen molar-refractivity contribution < 1.29 is 9.90 Å². The van der Waals surface area contributed by atoms with Crippen LogP contribution in [0.3, 0.4) is 0 Å². The minimum absolute atomic E-state index is 0.0353. The number of rotatable bonds is 4. The molecular weight excluding hydrogens is 470 g/mol. The fourth-order valence-corrected chi connectivity index (χ4v) is 12.3. The van der Waals surface area contributed by atoms with E-state index in [1.54, 1.807) is 0 Å². The molecule has 6 aliphatic rings. The molecule has 0 saturated heterocycles. The largest absolute Gasteiger partial charge is 0.393 e. The molecule has 0 aromatic heterocycles. The van der Waals surface area contributed by atoms with Gasteiger partial charge in [-0.2, -0.15) is 0 Å². The van der Waals surface area contributed by atoms with E-state index < -0.39 is 0 Å². The Labute approximate surface area is 232 Å². The van der Waals surface area contributed by atoms with Gasteiger partial charge in [0.05, 0.1) is 18.0 Å². The summed E-state index contributed by atoms with van der Waals surface area (Å²) in [5.41, 5.74) is 0.0192. The third-order valence-electron chi connectivity index (χ3n) is 14.5. The maximum Gasteiger partial charge on any atom is 0.140 e. The van der Waals surface area contributed by atoms with E-state index in [0.29, 0.717) is 53.8 Å². The molecule has 0 amide bonds. The molecule has 5 heteroatoms. The number of aliphatic hydroxyl groups is 1. The number of nitrogens with one attached hydrogen (secondary N) is 1. The van der Waals surface area contributed by atoms with E-state index in [-0.39, 0.29) is 39.7 Å². The van der Waals surface area contributed by atoms with Crippen molar-refractivity contribution in [2.24, 2.45) is 68.1 Å². The predicted molar refractivity (Wildman–Crippen MR) is 154 cm³/mol. The highest BCUT2D eigenvalue weighted by atomic mass is 16.3. The van der Waals surface area contributed by atoms with Gasteiger partial charge in [0.15, 0.2) is 0 Å². The lowest BCUT2D eigenvalue weighted by atomic mass is 9.42. The van der Waals surface area contributed by atoms with Gasteiger partial charge in [-0.1, -0.05) is 34.6 Å². The summed E-state index contributed by atoms with van der Waals surface area (Å²) in [6, 6.07) is 0.648. The maximum atomic E-state index is 14.5. The molecule has 1 heterocycles. The summed E-state index contributed by atoms with van der Waals surface area (Å²) in [5.74, 6) is 5.41. The van der Waals surface area contributed by atoms with Gasteiger partial charge >= 0.3 is 0 Å². The molecule has 6 rings (SSSR count). The minimum atomic E-state index is -0.316. The maximum absolute atomic E-state index is 14.5. The van der Waals surface area contributed by atoms with Crippen molar-refractivity contribution >= 4 is 11.6 Å². The summed E-state index contributed by atoms with van der Waals surface area (Å²) in [5, 5.41) is 15.2. The van der Waals surface area contributed by atoms with E-state index in [0.717, 1.165) is 19.4 Å². The lowest BCUT2D eigenvalue weighted by Gasteiger charge is -2.61. The van der Waals surface area contributed by atoms with Crippen molar-refractivity contribution in [2.45, 2.75) is 112 Å². The van der Waals surface area contributed by atoms with Gasteiger partial charge in [0.2, 0.25) is 0 Å². The number of hydrogen-bond acceptors (Lipinski definition) is 5. The molecule has 5 fully saturated rings. The highest BCUT2D eigenvalue weighted by Crippen LogP contribution is 2.87. The highest BCUT2D eigenvalue weighted by Gasteiger charge is 2.85. The number of hydrogen-bond donors (Lipinski definition) is 2. The zero-order valence-electron chi connectivity index (χ0n) is 25.7. The minimum Gasteiger partial charge on any atom is -0.393 e.